The van der Waals surface area contributed by atoms with Gasteiger partial charge in [-0.2, -0.15) is 5.26 Å². The molecule has 5 nitrogen and oxygen atoms in total. The molecule has 2 aromatic rings. The summed E-state index contributed by atoms with van der Waals surface area (Å²) in [6, 6.07) is 16.7. The van der Waals surface area contributed by atoms with Gasteiger partial charge in [0.25, 0.3) is 0 Å². The van der Waals surface area contributed by atoms with E-state index in [4.69, 9.17) is 10.4 Å². The van der Waals surface area contributed by atoms with Crippen LogP contribution in [-0.4, -0.2) is 23.5 Å². The van der Waals surface area contributed by atoms with Gasteiger partial charge < -0.3 is 10.0 Å². The zero-order valence-corrected chi connectivity index (χ0v) is 12.3. The Morgan fingerprint density at radius 2 is 1.65 bits per heavy atom. The second-order valence-electron chi connectivity index (χ2n) is 5.48. The zero-order chi connectivity index (χ0) is 16.4. The maximum atomic E-state index is 11.9. The third-order valence-electron chi connectivity index (χ3n) is 4.00. The second kappa shape index (κ2) is 5.93. The number of carbonyl (C=O) groups is 2. The van der Waals surface area contributed by atoms with Gasteiger partial charge >= 0.3 is 5.97 Å². The van der Waals surface area contributed by atoms with Gasteiger partial charge in [-0.1, -0.05) is 24.3 Å². The van der Waals surface area contributed by atoms with Gasteiger partial charge in [-0.3, -0.25) is 9.59 Å². The van der Waals surface area contributed by atoms with E-state index >= 15 is 0 Å². The molecule has 1 saturated heterocycles. The Morgan fingerprint density at radius 1 is 1.09 bits per heavy atom. The maximum absolute atomic E-state index is 11.9. The summed E-state index contributed by atoms with van der Waals surface area (Å²) < 4.78 is 0. The first-order valence-electron chi connectivity index (χ1n) is 7.22. The molecule has 0 aliphatic carbocycles. The molecule has 1 unspecified atom stereocenters. The summed E-state index contributed by atoms with van der Waals surface area (Å²) in [7, 11) is 0. The average Bonchev–Trinajstić information content (AvgIpc) is 2.97. The molecule has 0 spiro atoms. The normalized spacial score (nSPS) is 17.1. The Bertz CT molecular complexity index is 789. The van der Waals surface area contributed by atoms with Crippen molar-refractivity contribution in [2.75, 3.05) is 11.4 Å². The van der Waals surface area contributed by atoms with Crippen LogP contribution in [-0.2, 0) is 9.59 Å². The van der Waals surface area contributed by atoms with E-state index in [1.165, 1.54) is 4.90 Å². The van der Waals surface area contributed by atoms with Gasteiger partial charge in [-0.25, -0.2) is 0 Å². The Hall–Kier alpha value is -3.13. The number of carboxylic acids is 1. The Kier molecular flexibility index (Phi) is 3.82. The standard InChI is InChI=1S/C18H14N2O3/c19-10-12-1-3-13(4-2-12)14-5-7-16(8-6-14)20-11-15(18(22)23)9-17(20)21/h1-8,15H,9,11H2,(H,22,23). The fourth-order valence-corrected chi connectivity index (χ4v) is 2.69. The number of anilines is 1. The van der Waals surface area contributed by atoms with Crippen LogP contribution in [0, 0.1) is 17.2 Å². The molecular formula is C18H14N2O3. The first-order chi connectivity index (χ1) is 11.1. The van der Waals surface area contributed by atoms with Crippen molar-refractivity contribution in [2.45, 2.75) is 6.42 Å². The number of hydrogen-bond donors (Lipinski definition) is 1. The minimum absolute atomic E-state index is 0.0483. The molecule has 23 heavy (non-hydrogen) atoms. The van der Waals surface area contributed by atoms with E-state index in [9.17, 15) is 9.59 Å². The van der Waals surface area contributed by atoms with E-state index in [0.717, 1.165) is 11.1 Å². The summed E-state index contributed by atoms with van der Waals surface area (Å²) in [5.74, 6) is -1.74. The van der Waals surface area contributed by atoms with Crippen LogP contribution in [0.25, 0.3) is 11.1 Å². The fraction of sp³-hybridized carbons (Fsp3) is 0.167. The second-order valence-corrected chi connectivity index (χ2v) is 5.48. The Labute approximate surface area is 133 Å². The fourth-order valence-electron chi connectivity index (χ4n) is 2.69. The molecule has 1 fully saturated rings. The highest BCUT2D eigenvalue weighted by Gasteiger charge is 2.34. The van der Waals surface area contributed by atoms with Crippen LogP contribution in [0.4, 0.5) is 5.69 Å². The zero-order valence-electron chi connectivity index (χ0n) is 12.3. The highest BCUT2D eigenvalue weighted by atomic mass is 16.4. The van der Waals surface area contributed by atoms with E-state index in [-0.39, 0.29) is 18.9 Å². The lowest BCUT2D eigenvalue weighted by Gasteiger charge is -2.16. The summed E-state index contributed by atoms with van der Waals surface area (Å²) in [5.41, 5.74) is 3.26. The molecule has 0 bridgehead atoms. The Balaban J connectivity index is 1.81. The van der Waals surface area contributed by atoms with Crippen LogP contribution >= 0.6 is 0 Å². The highest BCUT2D eigenvalue weighted by Crippen LogP contribution is 2.28. The van der Waals surface area contributed by atoms with E-state index < -0.39 is 11.9 Å². The molecule has 2 aromatic carbocycles. The lowest BCUT2D eigenvalue weighted by Crippen LogP contribution is -2.25. The van der Waals surface area contributed by atoms with Gasteiger partial charge in [0.2, 0.25) is 5.91 Å². The quantitative estimate of drug-likeness (QED) is 0.945. The van der Waals surface area contributed by atoms with Crippen molar-refractivity contribution in [1.82, 2.24) is 0 Å². The predicted molar refractivity (Wildman–Crippen MR) is 84.7 cm³/mol. The number of aliphatic carboxylic acids is 1. The first kappa shape index (κ1) is 14.8. The van der Waals surface area contributed by atoms with E-state index in [2.05, 4.69) is 6.07 Å². The van der Waals surface area contributed by atoms with Gasteiger partial charge in [0.1, 0.15) is 0 Å². The summed E-state index contributed by atoms with van der Waals surface area (Å²) in [4.78, 5) is 24.5. The molecule has 5 heteroatoms. The van der Waals surface area contributed by atoms with Crippen molar-refractivity contribution in [3.63, 3.8) is 0 Å². The molecule has 3 rings (SSSR count). The van der Waals surface area contributed by atoms with Crippen LogP contribution in [0.5, 0.6) is 0 Å². The number of rotatable bonds is 3. The maximum Gasteiger partial charge on any atom is 0.308 e. The van der Waals surface area contributed by atoms with Crippen molar-refractivity contribution in [1.29, 1.82) is 5.26 Å². The molecule has 1 amide bonds. The third kappa shape index (κ3) is 2.92. The van der Waals surface area contributed by atoms with Crippen LogP contribution in [0.15, 0.2) is 48.5 Å². The molecule has 0 radical (unpaired) electrons. The molecule has 1 atom stereocenters. The summed E-state index contributed by atoms with van der Waals surface area (Å²) in [6.45, 7) is 0.213. The number of nitrogens with zero attached hydrogens (tertiary/aromatic N) is 2. The molecule has 1 aliphatic rings. The number of benzene rings is 2. The van der Waals surface area contributed by atoms with Crippen LogP contribution in [0.2, 0.25) is 0 Å². The van der Waals surface area contributed by atoms with Gasteiger partial charge in [0, 0.05) is 18.7 Å². The third-order valence-corrected chi connectivity index (χ3v) is 4.00. The molecule has 1 aliphatic heterocycles. The summed E-state index contributed by atoms with van der Waals surface area (Å²) >= 11 is 0. The van der Waals surface area contributed by atoms with E-state index in [1.807, 2.05) is 36.4 Å². The van der Waals surface area contributed by atoms with Crippen molar-refractivity contribution >= 4 is 17.6 Å². The molecule has 114 valence electrons. The van der Waals surface area contributed by atoms with Crippen molar-refractivity contribution in [2.24, 2.45) is 5.92 Å². The van der Waals surface area contributed by atoms with Gasteiger partial charge in [-0.05, 0) is 35.4 Å². The lowest BCUT2D eigenvalue weighted by molar-refractivity contribution is -0.141. The van der Waals surface area contributed by atoms with Crippen molar-refractivity contribution in [3.05, 3.63) is 54.1 Å². The topological polar surface area (TPSA) is 81.4 Å². The van der Waals surface area contributed by atoms with Crippen LogP contribution in [0.3, 0.4) is 0 Å². The number of nitriles is 1. The average molecular weight is 306 g/mol. The monoisotopic (exact) mass is 306 g/mol. The van der Waals surface area contributed by atoms with E-state index in [1.54, 1.807) is 12.1 Å². The summed E-state index contributed by atoms with van der Waals surface area (Å²) in [6.07, 6.45) is 0.0483. The summed E-state index contributed by atoms with van der Waals surface area (Å²) in [5, 5.41) is 17.8. The molecular weight excluding hydrogens is 292 g/mol. The smallest absolute Gasteiger partial charge is 0.308 e. The predicted octanol–water partition coefficient (Wildman–Crippen LogP) is 2.66. The van der Waals surface area contributed by atoms with Gasteiger partial charge in [0.15, 0.2) is 0 Å². The van der Waals surface area contributed by atoms with Crippen LogP contribution < -0.4 is 4.90 Å². The van der Waals surface area contributed by atoms with Crippen LogP contribution in [0.1, 0.15) is 12.0 Å². The molecule has 0 saturated carbocycles. The van der Waals surface area contributed by atoms with Gasteiger partial charge in [-0.15, -0.1) is 0 Å². The number of carbonyl (C=O) groups excluding carboxylic acids is 1. The lowest BCUT2D eigenvalue weighted by atomic mass is 10.0. The van der Waals surface area contributed by atoms with Crippen molar-refractivity contribution < 1.29 is 14.7 Å². The minimum atomic E-state index is -0.935. The number of carboxylic acid groups (broad SMARTS) is 1. The molecule has 0 aromatic heterocycles. The first-order valence-corrected chi connectivity index (χ1v) is 7.22. The SMILES string of the molecule is N#Cc1ccc(-c2ccc(N3CC(C(=O)O)CC3=O)cc2)cc1. The molecule has 1 N–H and O–H groups in total. The van der Waals surface area contributed by atoms with E-state index in [0.29, 0.717) is 11.3 Å². The number of hydrogen-bond acceptors (Lipinski definition) is 3. The minimum Gasteiger partial charge on any atom is -0.481 e. The number of amides is 1. The molecule has 1 heterocycles. The van der Waals surface area contributed by atoms with Gasteiger partial charge in [0.05, 0.1) is 17.6 Å². The largest absolute Gasteiger partial charge is 0.481 e. The highest BCUT2D eigenvalue weighted by molar-refractivity contribution is 5.99. The van der Waals surface area contributed by atoms with Crippen molar-refractivity contribution in [3.8, 4) is 17.2 Å². The Morgan fingerprint density at radius 3 is 2.13 bits per heavy atom.